The molecule has 0 unspecified atom stereocenters. The SMILES string of the molecule is Clc1ccc(Oc2ccc(OCc3cccc(Cl)n3)cc2)c(Cl)c1. The minimum Gasteiger partial charge on any atom is -0.487 e. The Morgan fingerprint density at radius 3 is 2.29 bits per heavy atom. The summed E-state index contributed by atoms with van der Waals surface area (Å²) in [6.07, 6.45) is 0. The molecule has 6 heteroatoms. The second-order valence-corrected chi connectivity index (χ2v) is 6.12. The molecule has 0 atom stereocenters. The Bertz CT molecular complexity index is 838. The third-order valence-corrected chi connectivity index (χ3v) is 3.85. The number of rotatable bonds is 5. The zero-order valence-electron chi connectivity index (χ0n) is 12.4. The molecule has 1 heterocycles. The number of hydrogen-bond acceptors (Lipinski definition) is 3. The minimum absolute atomic E-state index is 0.337. The van der Waals surface area contributed by atoms with Gasteiger partial charge in [-0.3, -0.25) is 0 Å². The van der Waals surface area contributed by atoms with Crippen molar-refractivity contribution >= 4 is 34.8 Å². The maximum atomic E-state index is 6.09. The van der Waals surface area contributed by atoms with E-state index in [0.717, 1.165) is 5.69 Å². The number of aromatic nitrogens is 1. The van der Waals surface area contributed by atoms with Crippen LogP contribution in [0.15, 0.2) is 60.7 Å². The van der Waals surface area contributed by atoms with E-state index in [1.165, 1.54) is 0 Å². The Morgan fingerprint density at radius 2 is 1.58 bits per heavy atom. The van der Waals surface area contributed by atoms with Gasteiger partial charge in [-0.25, -0.2) is 4.98 Å². The summed E-state index contributed by atoms with van der Waals surface area (Å²) >= 11 is 17.8. The summed E-state index contributed by atoms with van der Waals surface area (Å²) in [5, 5.41) is 1.46. The molecular formula is C18H12Cl3NO2. The van der Waals surface area contributed by atoms with E-state index in [-0.39, 0.29) is 0 Å². The number of hydrogen-bond donors (Lipinski definition) is 0. The van der Waals surface area contributed by atoms with Gasteiger partial charge in [0.25, 0.3) is 0 Å². The van der Waals surface area contributed by atoms with E-state index in [1.54, 1.807) is 36.4 Å². The van der Waals surface area contributed by atoms with Crippen molar-refractivity contribution in [2.75, 3.05) is 0 Å². The van der Waals surface area contributed by atoms with Gasteiger partial charge in [0, 0.05) is 5.02 Å². The molecular weight excluding hydrogens is 369 g/mol. The highest BCUT2D eigenvalue weighted by Gasteiger charge is 2.05. The van der Waals surface area contributed by atoms with E-state index in [9.17, 15) is 0 Å². The van der Waals surface area contributed by atoms with Crippen LogP contribution in [0, 0.1) is 0 Å². The second kappa shape index (κ2) is 7.75. The Balaban J connectivity index is 1.62. The van der Waals surface area contributed by atoms with Crippen molar-refractivity contribution in [2.24, 2.45) is 0 Å². The number of halogens is 3. The maximum absolute atomic E-state index is 6.09. The lowest BCUT2D eigenvalue weighted by Gasteiger charge is -2.09. The molecule has 3 aromatic rings. The van der Waals surface area contributed by atoms with Crippen LogP contribution in [0.25, 0.3) is 0 Å². The van der Waals surface area contributed by atoms with Crippen LogP contribution in [0.4, 0.5) is 0 Å². The molecule has 0 saturated heterocycles. The standard InChI is InChI=1S/C18H12Cl3NO2/c19-12-4-9-17(16(20)10-12)24-15-7-5-14(6-8-15)23-11-13-2-1-3-18(21)22-13/h1-10H,11H2. The van der Waals surface area contributed by atoms with Crippen LogP contribution >= 0.6 is 34.8 Å². The minimum atomic E-state index is 0.337. The van der Waals surface area contributed by atoms with Crippen molar-refractivity contribution in [3.05, 3.63) is 81.6 Å². The van der Waals surface area contributed by atoms with Gasteiger partial charge in [0.05, 0.1) is 10.7 Å². The van der Waals surface area contributed by atoms with Gasteiger partial charge in [-0.05, 0) is 54.6 Å². The van der Waals surface area contributed by atoms with Crippen molar-refractivity contribution < 1.29 is 9.47 Å². The molecule has 0 aliphatic rings. The number of nitrogens with zero attached hydrogens (tertiary/aromatic N) is 1. The van der Waals surface area contributed by atoms with Crippen LogP contribution in [0.2, 0.25) is 15.2 Å². The predicted molar refractivity (Wildman–Crippen MR) is 96.6 cm³/mol. The molecule has 0 radical (unpaired) electrons. The van der Waals surface area contributed by atoms with Crippen molar-refractivity contribution in [1.29, 1.82) is 0 Å². The molecule has 0 bridgehead atoms. The normalized spacial score (nSPS) is 10.5. The Labute approximate surface area is 154 Å². The monoisotopic (exact) mass is 379 g/mol. The highest BCUT2D eigenvalue weighted by Crippen LogP contribution is 2.32. The molecule has 122 valence electrons. The summed E-state index contributed by atoms with van der Waals surface area (Å²) in [6, 6.07) is 17.7. The van der Waals surface area contributed by atoms with Gasteiger partial charge in [-0.1, -0.05) is 40.9 Å². The highest BCUT2D eigenvalue weighted by molar-refractivity contribution is 6.35. The van der Waals surface area contributed by atoms with Crippen LogP contribution in [0.1, 0.15) is 5.69 Å². The average molecular weight is 381 g/mol. The van der Waals surface area contributed by atoms with E-state index in [0.29, 0.717) is 39.1 Å². The summed E-state index contributed by atoms with van der Waals surface area (Å²) < 4.78 is 11.4. The first-order chi connectivity index (χ1) is 11.6. The maximum Gasteiger partial charge on any atom is 0.146 e. The zero-order valence-corrected chi connectivity index (χ0v) is 14.6. The quantitative estimate of drug-likeness (QED) is 0.479. The lowest BCUT2D eigenvalue weighted by molar-refractivity contribution is 0.301. The Hall–Kier alpha value is -1.94. The molecule has 1 aromatic heterocycles. The van der Waals surface area contributed by atoms with Crippen molar-refractivity contribution in [2.45, 2.75) is 6.61 Å². The van der Waals surface area contributed by atoms with E-state index >= 15 is 0 Å². The average Bonchev–Trinajstić information content (AvgIpc) is 2.57. The molecule has 0 fully saturated rings. The van der Waals surface area contributed by atoms with Crippen molar-refractivity contribution in [3.8, 4) is 17.2 Å². The van der Waals surface area contributed by atoms with Gasteiger partial charge >= 0.3 is 0 Å². The highest BCUT2D eigenvalue weighted by atomic mass is 35.5. The third kappa shape index (κ3) is 4.54. The molecule has 3 nitrogen and oxygen atoms in total. The molecule has 3 rings (SSSR count). The summed E-state index contributed by atoms with van der Waals surface area (Å²) in [7, 11) is 0. The van der Waals surface area contributed by atoms with Crippen molar-refractivity contribution in [3.63, 3.8) is 0 Å². The van der Waals surface area contributed by atoms with Gasteiger partial charge in [-0.2, -0.15) is 0 Å². The van der Waals surface area contributed by atoms with Crippen LogP contribution < -0.4 is 9.47 Å². The van der Waals surface area contributed by atoms with Crippen LogP contribution in [0.5, 0.6) is 17.2 Å². The molecule has 0 aliphatic heterocycles. The van der Waals surface area contributed by atoms with Crippen LogP contribution in [-0.2, 0) is 6.61 Å². The summed E-state index contributed by atoms with van der Waals surface area (Å²) in [5.74, 6) is 1.89. The fourth-order valence-electron chi connectivity index (χ4n) is 1.98. The van der Waals surface area contributed by atoms with Crippen LogP contribution in [0.3, 0.4) is 0 Å². The second-order valence-electron chi connectivity index (χ2n) is 4.89. The molecule has 0 amide bonds. The first-order valence-electron chi connectivity index (χ1n) is 7.07. The first kappa shape index (κ1) is 16.9. The Morgan fingerprint density at radius 1 is 0.833 bits per heavy atom. The van der Waals surface area contributed by atoms with E-state index < -0.39 is 0 Å². The summed E-state index contributed by atoms with van der Waals surface area (Å²) in [4.78, 5) is 4.17. The molecule has 0 saturated carbocycles. The van der Waals surface area contributed by atoms with Gasteiger partial charge in [-0.15, -0.1) is 0 Å². The summed E-state index contributed by atoms with van der Waals surface area (Å²) in [6.45, 7) is 0.337. The topological polar surface area (TPSA) is 31.4 Å². The lowest BCUT2D eigenvalue weighted by Crippen LogP contribution is -1.98. The van der Waals surface area contributed by atoms with E-state index in [4.69, 9.17) is 44.3 Å². The van der Waals surface area contributed by atoms with E-state index in [2.05, 4.69) is 4.98 Å². The predicted octanol–water partition coefficient (Wildman–Crippen LogP) is 6.41. The van der Waals surface area contributed by atoms with E-state index in [1.807, 2.05) is 24.3 Å². The molecule has 0 aliphatic carbocycles. The molecule has 2 aromatic carbocycles. The largest absolute Gasteiger partial charge is 0.487 e. The molecule has 0 N–H and O–H groups in total. The zero-order chi connectivity index (χ0) is 16.9. The number of pyridine rings is 1. The smallest absolute Gasteiger partial charge is 0.146 e. The summed E-state index contributed by atoms with van der Waals surface area (Å²) in [5.41, 5.74) is 0.760. The Kier molecular flexibility index (Phi) is 5.46. The lowest BCUT2D eigenvalue weighted by atomic mass is 10.3. The van der Waals surface area contributed by atoms with Gasteiger partial charge in [0.15, 0.2) is 0 Å². The third-order valence-electron chi connectivity index (χ3n) is 3.10. The molecule has 0 spiro atoms. The fraction of sp³-hybridized carbons (Fsp3) is 0.0556. The fourth-order valence-corrected chi connectivity index (χ4v) is 2.61. The van der Waals surface area contributed by atoms with Gasteiger partial charge < -0.3 is 9.47 Å². The number of benzene rings is 2. The number of ether oxygens (including phenoxy) is 2. The van der Waals surface area contributed by atoms with Crippen LogP contribution in [-0.4, -0.2) is 4.98 Å². The van der Waals surface area contributed by atoms with Gasteiger partial charge in [0.2, 0.25) is 0 Å². The van der Waals surface area contributed by atoms with Gasteiger partial charge in [0.1, 0.15) is 29.0 Å². The van der Waals surface area contributed by atoms with Crippen molar-refractivity contribution in [1.82, 2.24) is 4.98 Å². The first-order valence-corrected chi connectivity index (χ1v) is 8.21. The molecule has 24 heavy (non-hydrogen) atoms.